The van der Waals surface area contributed by atoms with Gasteiger partial charge in [-0.1, -0.05) is 6.07 Å². The average Bonchev–Trinajstić information content (AvgIpc) is 2.82. The molecule has 1 unspecified atom stereocenters. The van der Waals surface area contributed by atoms with Crippen molar-refractivity contribution >= 4 is 5.91 Å². The van der Waals surface area contributed by atoms with Gasteiger partial charge in [-0.2, -0.15) is 0 Å². The van der Waals surface area contributed by atoms with Crippen LogP contribution in [0.25, 0.3) is 0 Å². The molecule has 2 rings (SSSR count). The summed E-state index contributed by atoms with van der Waals surface area (Å²) in [5.74, 6) is 0.520. The summed E-state index contributed by atoms with van der Waals surface area (Å²) in [7, 11) is 0. The van der Waals surface area contributed by atoms with E-state index in [1.54, 1.807) is 30.5 Å². The molecular weight excluding hydrogens is 218 g/mol. The number of hydrogen-bond donors (Lipinski definition) is 2. The van der Waals surface area contributed by atoms with E-state index in [-0.39, 0.29) is 17.7 Å². The van der Waals surface area contributed by atoms with Gasteiger partial charge in [0.15, 0.2) is 0 Å². The molecule has 0 spiro atoms. The number of phenolic OH excluding ortho intramolecular Hbond substituents is 1. The molecule has 0 aliphatic rings. The lowest BCUT2D eigenvalue weighted by atomic mass is 10.2. The molecule has 2 N–H and O–H groups in total. The van der Waals surface area contributed by atoms with Gasteiger partial charge in [-0.15, -0.1) is 0 Å². The summed E-state index contributed by atoms with van der Waals surface area (Å²) in [5.41, 5.74) is 0.420. The van der Waals surface area contributed by atoms with E-state index in [2.05, 4.69) is 5.32 Å². The zero-order valence-corrected chi connectivity index (χ0v) is 9.38. The molecule has 0 aliphatic carbocycles. The molecule has 1 heterocycles. The molecule has 1 atom stereocenters. The van der Waals surface area contributed by atoms with Gasteiger partial charge in [-0.3, -0.25) is 4.79 Å². The fraction of sp³-hybridized carbons (Fsp3) is 0.154. The molecule has 0 saturated heterocycles. The normalized spacial score (nSPS) is 12.1. The number of rotatable bonds is 3. The van der Waals surface area contributed by atoms with Gasteiger partial charge >= 0.3 is 0 Å². The smallest absolute Gasteiger partial charge is 0.251 e. The largest absolute Gasteiger partial charge is 0.508 e. The highest BCUT2D eigenvalue weighted by molar-refractivity contribution is 5.94. The summed E-state index contributed by atoms with van der Waals surface area (Å²) in [6.45, 7) is 1.83. The monoisotopic (exact) mass is 231 g/mol. The number of nitrogens with one attached hydrogen (secondary N) is 1. The number of hydrogen-bond acceptors (Lipinski definition) is 3. The van der Waals surface area contributed by atoms with E-state index in [4.69, 9.17) is 4.42 Å². The fourth-order valence-electron chi connectivity index (χ4n) is 1.54. The van der Waals surface area contributed by atoms with Crippen molar-refractivity contribution < 1.29 is 14.3 Å². The Labute approximate surface area is 98.9 Å². The Bertz CT molecular complexity index is 505. The molecule has 17 heavy (non-hydrogen) atoms. The first-order valence-electron chi connectivity index (χ1n) is 5.30. The van der Waals surface area contributed by atoms with Gasteiger partial charge in [0, 0.05) is 5.56 Å². The van der Waals surface area contributed by atoms with Crippen molar-refractivity contribution in [1.29, 1.82) is 0 Å². The zero-order valence-electron chi connectivity index (χ0n) is 9.38. The van der Waals surface area contributed by atoms with Gasteiger partial charge < -0.3 is 14.8 Å². The van der Waals surface area contributed by atoms with Gasteiger partial charge in [0.2, 0.25) is 0 Å². The van der Waals surface area contributed by atoms with Crippen LogP contribution in [0, 0.1) is 0 Å². The van der Waals surface area contributed by atoms with Crippen LogP contribution in [-0.2, 0) is 0 Å². The van der Waals surface area contributed by atoms with Crippen molar-refractivity contribution in [1.82, 2.24) is 5.32 Å². The molecule has 1 aromatic carbocycles. The molecule has 0 radical (unpaired) electrons. The summed E-state index contributed by atoms with van der Waals surface area (Å²) in [6.07, 6.45) is 1.56. The van der Waals surface area contributed by atoms with Gasteiger partial charge in [-0.05, 0) is 37.3 Å². The molecule has 2 aromatic rings. The van der Waals surface area contributed by atoms with Gasteiger partial charge in [0.1, 0.15) is 11.5 Å². The van der Waals surface area contributed by atoms with Crippen LogP contribution >= 0.6 is 0 Å². The van der Waals surface area contributed by atoms with E-state index >= 15 is 0 Å². The quantitative estimate of drug-likeness (QED) is 0.853. The Balaban J connectivity index is 2.07. The first-order valence-corrected chi connectivity index (χ1v) is 5.30. The first kappa shape index (κ1) is 11.3. The number of amides is 1. The SMILES string of the molecule is CC(NC(=O)c1cccc(O)c1)c1ccco1. The van der Waals surface area contributed by atoms with E-state index in [9.17, 15) is 9.90 Å². The Morgan fingerprint density at radius 2 is 2.18 bits per heavy atom. The van der Waals surface area contributed by atoms with Crippen molar-refractivity contribution in [3.63, 3.8) is 0 Å². The maximum absolute atomic E-state index is 11.8. The molecule has 0 saturated carbocycles. The molecule has 0 fully saturated rings. The molecule has 4 heteroatoms. The van der Waals surface area contributed by atoms with Crippen LogP contribution in [0.15, 0.2) is 47.1 Å². The second kappa shape index (κ2) is 4.74. The highest BCUT2D eigenvalue weighted by Gasteiger charge is 2.13. The van der Waals surface area contributed by atoms with Crippen LogP contribution in [0.2, 0.25) is 0 Å². The molecule has 1 amide bonds. The van der Waals surface area contributed by atoms with Crippen LogP contribution in [0.3, 0.4) is 0 Å². The van der Waals surface area contributed by atoms with Crippen molar-refractivity contribution in [2.45, 2.75) is 13.0 Å². The Morgan fingerprint density at radius 1 is 1.35 bits per heavy atom. The number of carbonyl (C=O) groups excluding carboxylic acids is 1. The summed E-state index contributed by atoms with van der Waals surface area (Å²) < 4.78 is 5.19. The second-order valence-corrected chi connectivity index (χ2v) is 3.76. The summed E-state index contributed by atoms with van der Waals surface area (Å²) >= 11 is 0. The minimum atomic E-state index is -0.246. The lowest BCUT2D eigenvalue weighted by Crippen LogP contribution is -2.26. The Hall–Kier alpha value is -2.23. The number of carbonyl (C=O) groups is 1. The minimum Gasteiger partial charge on any atom is -0.508 e. The lowest BCUT2D eigenvalue weighted by molar-refractivity contribution is 0.0935. The number of furan rings is 1. The van der Waals surface area contributed by atoms with Crippen molar-refractivity contribution in [3.8, 4) is 5.75 Å². The fourth-order valence-corrected chi connectivity index (χ4v) is 1.54. The second-order valence-electron chi connectivity index (χ2n) is 3.76. The Morgan fingerprint density at radius 3 is 2.82 bits per heavy atom. The van der Waals surface area contributed by atoms with Crippen LogP contribution in [-0.4, -0.2) is 11.0 Å². The summed E-state index contributed by atoms with van der Waals surface area (Å²) in [4.78, 5) is 11.8. The van der Waals surface area contributed by atoms with E-state index in [1.165, 1.54) is 12.1 Å². The number of aromatic hydroxyl groups is 1. The molecular formula is C13H13NO3. The van der Waals surface area contributed by atoms with E-state index in [1.807, 2.05) is 6.92 Å². The Kier molecular flexibility index (Phi) is 3.14. The first-order chi connectivity index (χ1) is 8.16. The number of phenols is 1. The average molecular weight is 231 g/mol. The summed E-state index contributed by atoms with van der Waals surface area (Å²) in [5, 5.41) is 12.1. The van der Waals surface area contributed by atoms with Crippen LogP contribution in [0.1, 0.15) is 29.1 Å². The lowest BCUT2D eigenvalue weighted by Gasteiger charge is -2.11. The molecule has 1 aromatic heterocycles. The predicted octanol–water partition coefficient (Wildman–Crippen LogP) is 2.48. The van der Waals surface area contributed by atoms with E-state index in [0.29, 0.717) is 11.3 Å². The third-order valence-corrected chi connectivity index (χ3v) is 2.43. The van der Waals surface area contributed by atoms with Crippen LogP contribution < -0.4 is 5.32 Å². The summed E-state index contributed by atoms with van der Waals surface area (Å²) in [6, 6.07) is 9.57. The third-order valence-electron chi connectivity index (χ3n) is 2.43. The molecule has 0 bridgehead atoms. The molecule has 4 nitrogen and oxygen atoms in total. The minimum absolute atomic E-state index is 0.0725. The van der Waals surface area contributed by atoms with E-state index in [0.717, 1.165) is 0 Å². The molecule has 0 aliphatic heterocycles. The zero-order chi connectivity index (χ0) is 12.3. The van der Waals surface area contributed by atoms with Crippen molar-refractivity contribution in [3.05, 3.63) is 54.0 Å². The van der Waals surface area contributed by atoms with Crippen molar-refractivity contribution in [2.24, 2.45) is 0 Å². The number of benzene rings is 1. The van der Waals surface area contributed by atoms with Gasteiger partial charge in [0.25, 0.3) is 5.91 Å². The predicted molar refractivity (Wildman–Crippen MR) is 62.7 cm³/mol. The maximum atomic E-state index is 11.8. The topological polar surface area (TPSA) is 62.5 Å². The van der Waals surface area contributed by atoms with Gasteiger partial charge in [0.05, 0.1) is 12.3 Å². The van der Waals surface area contributed by atoms with Gasteiger partial charge in [-0.25, -0.2) is 0 Å². The third kappa shape index (κ3) is 2.66. The van der Waals surface area contributed by atoms with Crippen LogP contribution in [0.5, 0.6) is 5.75 Å². The highest BCUT2D eigenvalue weighted by Crippen LogP contribution is 2.15. The molecule has 88 valence electrons. The van der Waals surface area contributed by atoms with Crippen LogP contribution in [0.4, 0.5) is 0 Å². The maximum Gasteiger partial charge on any atom is 0.251 e. The van der Waals surface area contributed by atoms with Crippen molar-refractivity contribution in [2.75, 3.05) is 0 Å². The van der Waals surface area contributed by atoms with E-state index < -0.39 is 0 Å². The standard InChI is InChI=1S/C13H13NO3/c1-9(12-6-3-7-17-12)14-13(16)10-4-2-5-11(15)8-10/h2-9,15H,1H3,(H,14,16). The highest BCUT2D eigenvalue weighted by atomic mass is 16.3.